The molecule has 0 radical (unpaired) electrons. The molecule has 0 aliphatic heterocycles. The average Bonchev–Trinajstić information content (AvgIpc) is 2.49. The minimum absolute atomic E-state index is 0.0513. The highest BCUT2D eigenvalue weighted by molar-refractivity contribution is 9.11. The van der Waals surface area contributed by atoms with Crippen LogP contribution in [-0.4, -0.2) is 11.7 Å². The van der Waals surface area contributed by atoms with Crippen LogP contribution in [0.3, 0.4) is 0 Å². The summed E-state index contributed by atoms with van der Waals surface area (Å²) < 4.78 is 7.43. The molecule has 0 spiro atoms. The van der Waals surface area contributed by atoms with Gasteiger partial charge in [-0.05, 0) is 74.2 Å². The molecular formula is C16H17Br2NO2. The normalized spacial score (nSPS) is 10.5. The summed E-state index contributed by atoms with van der Waals surface area (Å²) in [5.41, 5.74) is 3.02. The van der Waals surface area contributed by atoms with Gasteiger partial charge in [0.25, 0.3) is 0 Å². The van der Waals surface area contributed by atoms with E-state index in [4.69, 9.17) is 9.84 Å². The number of hydrogen-bond donors (Lipinski definition) is 2. The number of benzene rings is 2. The fraction of sp³-hybridized carbons (Fsp3) is 0.250. The Morgan fingerprint density at radius 3 is 2.43 bits per heavy atom. The third-order valence-electron chi connectivity index (χ3n) is 2.95. The first-order chi connectivity index (χ1) is 10.1. The van der Waals surface area contributed by atoms with E-state index in [1.54, 1.807) is 0 Å². The average molecular weight is 415 g/mol. The summed E-state index contributed by atoms with van der Waals surface area (Å²) in [6.07, 6.45) is 0. The Morgan fingerprint density at radius 1 is 1.10 bits per heavy atom. The van der Waals surface area contributed by atoms with Gasteiger partial charge in [-0.15, -0.1) is 0 Å². The van der Waals surface area contributed by atoms with Gasteiger partial charge >= 0.3 is 0 Å². The number of anilines is 1. The summed E-state index contributed by atoms with van der Waals surface area (Å²) in [6.45, 7) is 3.33. The first kappa shape index (κ1) is 16.3. The molecule has 2 aromatic rings. The lowest BCUT2D eigenvalue weighted by molar-refractivity contribution is 0.282. The molecule has 2 aromatic carbocycles. The maximum atomic E-state index is 9.15. The van der Waals surface area contributed by atoms with Gasteiger partial charge in [-0.25, -0.2) is 0 Å². The quantitative estimate of drug-likeness (QED) is 0.718. The van der Waals surface area contributed by atoms with Crippen molar-refractivity contribution in [3.63, 3.8) is 0 Å². The number of rotatable bonds is 6. The predicted octanol–water partition coefficient (Wildman–Crippen LogP) is 4.71. The molecule has 0 aliphatic carbocycles. The van der Waals surface area contributed by atoms with Gasteiger partial charge in [-0.3, -0.25) is 0 Å². The van der Waals surface area contributed by atoms with Crippen LogP contribution in [0.2, 0.25) is 0 Å². The van der Waals surface area contributed by atoms with Gasteiger partial charge < -0.3 is 15.2 Å². The minimum Gasteiger partial charge on any atom is -0.492 e. The predicted molar refractivity (Wildman–Crippen MR) is 92.7 cm³/mol. The molecule has 0 aliphatic rings. The van der Waals surface area contributed by atoms with E-state index in [1.807, 2.05) is 43.3 Å². The lowest BCUT2D eigenvalue weighted by Gasteiger charge is -2.12. The Kier molecular flexibility index (Phi) is 6.08. The number of nitrogens with one attached hydrogen (secondary N) is 1. The molecule has 0 fully saturated rings. The smallest absolute Gasteiger partial charge is 0.147 e. The highest BCUT2D eigenvalue weighted by atomic mass is 79.9. The lowest BCUT2D eigenvalue weighted by Crippen LogP contribution is -2.01. The summed E-state index contributed by atoms with van der Waals surface area (Å²) in [5.74, 6) is 0.823. The van der Waals surface area contributed by atoms with Gasteiger partial charge in [-0.1, -0.05) is 12.1 Å². The van der Waals surface area contributed by atoms with Gasteiger partial charge in [0.05, 0.1) is 22.2 Å². The van der Waals surface area contributed by atoms with Crippen molar-refractivity contribution in [2.75, 3.05) is 11.9 Å². The van der Waals surface area contributed by atoms with Crippen molar-refractivity contribution in [1.29, 1.82) is 0 Å². The van der Waals surface area contributed by atoms with Crippen LogP contribution in [0.1, 0.15) is 18.1 Å². The van der Waals surface area contributed by atoms with E-state index in [9.17, 15) is 0 Å². The van der Waals surface area contributed by atoms with E-state index in [1.165, 1.54) is 0 Å². The Labute approximate surface area is 141 Å². The van der Waals surface area contributed by atoms with Crippen LogP contribution in [-0.2, 0) is 13.2 Å². The van der Waals surface area contributed by atoms with Gasteiger partial charge in [0.15, 0.2) is 0 Å². The summed E-state index contributed by atoms with van der Waals surface area (Å²) in [4.78, 5) is 0. The molecule has 0 aromatic heterocycles. The Hall–Kier alpha value is -1.04. The largest absolute Gasteiger partial charge is 0.492 e. The third-order valence-corrected chi connectivity index (χ3v) is 4.13. The summed E-state index contributed by atoms with van der Waals surface area (Å²) in [6, 6.07) is 11.8. The molecule has 2 N–H and O–H groups in total. The third kappa shape index (κ3) is 4.46. The molecule has 0 amide bonds. The second kappa shape index (κ2) is 7.82. The highest BCUT2D eigenvalue weighted by Crippen LogP contribution is 2.35. The van der Waals surface area contributed by atoms with Gasteiger partial charge in [0.2, 0.25) is 0 Å². The number of aliphatic hydroxyl groups excluding tert-OH is 1. The van der Waals surface area contributed by atoms with Gasteiger partial charge in [-0.2, -0.15) is 0 Å². The number of halogens is 2. The SMILES string of the molecule is CCOc1c(Br)cc(CNc2cccc(CO)c2)cc1Br. The molecule has 21 heavy (non-hydrogen) atoms. The van der Waals surface area contributed by atoms with Crippen LogP contribution >= 0.6 is 31.9 Å². The van der Waals surface area contributed by atoms with Crippen molar-refractivity contribution in [2.24, 2.45) is 0 Å². The molecule has 3 nitrogen and oxygen atoms in total. The van der Waals surface area contributed by atoms with E-state index in [2.05, 4.69) is 37.2 Å². The molecular weight excluding hydrogens is 398 g/mol. The standard InChI is InChI=1S/C16H17Br2NO2/c1-2-21-16-14(17)7-12(8-15(16)18)9-19-13-5-3-4-11(6-13)10-20/h3-8,19-20H,2,9-10H2,1H3. The monoisotopic (exact) mass is 413 g/mol. The Morgan fingerprint density at radius 2 is 1.81 bits per heavy atom. The van der Waals surface area contributed by atoms with Crippen LogP contribution in [0.25, 0.3) is 0 Å². The first-order valence-corrected chi connectivity index (χ1v) is 8.27. The van der Waals surface area contributed by atoms with E-state index in [0.29, 0.717) is 13.2 Å². The van der Waals surface area contributed by atoms with Crippen LogP contribution in [0.4, 0.5) is 5.69 Å². The lowest BCUT2D eigenvalue weighted by atomic mass is 10.2. The van der Waals surface area contributed by atoms with Gasteiger partial charge in [0.1, 0.15) is 5.75 Å². The molecule has 0 unspecified atom stereocenters. The number of aliphatic hydroxyl groups is 1. The van der Waals surface area contributed by atoms with E-state index < -0.39 is 0 Å². The molecule has 2 rings (SSSR count). The maximum absolute atomic E-state index is 9.15. The van der Waals surface area contributed by atoms with Crippen molar-refractivity contribution in [3.8, 4) is 5.75 Å². The molecule has 0 heterocycles. The molecule has 0 saturated carbocycles. The minimum atomic E-state index is 0.0513. The summed E-state index contributed by atoms with van der Waals surface area (Å²) in [7, 11) is 0. The topological polar surface area (TPSA) is 41.5 Å². The summed E-state index contributed by atoms with van der Waals surface area (Å²) in [5, 5.41) is 12.5. The van der Waals surface area contributed by atoms with Crippen LogP contribution in [0.15, 0.2) is 45.3 Å². The number of ether oxygens (including phenoxy) is 1. The fourth-order valence-corrected chi connectivity index (χ4v) is 3.49. The number of hydrogen-bond acceptors (Lipinski definition) is 3. The Balaban J connectivity index is 2.09. The second-order valence-electron chi connectivity index (χ2n) is 4.53. The van der Waals surface area contributed by atoms with Crippen molar-refractivity contribution >= 4 is 37.5 Å². The molecule has 112 valence electrons. The van der Waals surface area contributed by atoms with E-state index in [0.717, 1.165) is 31.5 Å². The zero-order valence-corrected chi connectivity index (χ0v) is 14.9. The first-order valence-electron chi connectivity index (χ1n) is 6.68. The summed E-state index contributed by atoms with van der Waals surface area (Å²) >= 11 is 7.06. The zero-order chi connectivity index (χ0) is 15.2. The molecule has 5 heteroatoms. The van der Waals surface area contributed by atoms with Crippen molar-refractivity contribution in [3.05, 3.63) is 56.5 Å². The fourth-order valence-electron chi connectivity index (χ4n) is 1.98. The van der Waals surface area contributed by atoms with Crippen LogP contribution in [0.5, 0.6) is 5.75 Å². The highest BCUT2D eigenvalue weighted by Gasteiger charge is 2.08. The molecule has 0 saturated heterocycles. The maximum Gasteiger partial charge on any atom is 0.147 e. The van der Waals surface area contributed by atoms with Crippen molar-refractivity contribution in [1.82, 2.24) is 0 Å². The van der Waals surface area contributed by atoms with Crippen LogP contribution < -0.4 is 10.1 Å². The van der Waals surface area contributed by atoms with E-state index in [-0.39, 0.29) is 6.61 Å². The molecule has 0 bridgehead atoms. The van der Waals surface area contributed by atoms with Crippen molar-refractivity contribution in [2.45, 2.75) is 20.1 Å². The molecule has 0 atom stereocenters. The Bertz CT molecular complexity index is 594. The second-order valence-corrected chi connectivity index (χ2v) is 6.24. The van der Waals surface area contributed by atoms with Crippen molar-refractivity contribution < 1.29 is 9.84 Å². The zero-order valence-electron chi connectivity index (χ0n) is 11.7. The van der Waals surface area contributed by atoms with Crippen LogP contribution in [0, 0.1) is 0 Å². The van der Waals surface area contributed by atoms with E-state index >= 15 is 0 Å². The van der Waals surface area contributed by atoms with Gasteiger partial charge in [0, 0.05) is 12.2 Å².